The molecule has 0 aliphatic heterocycles. The lowest BCUT2D eigenvalue weighted by Gasteiger charge is -2.27. The average molecular weight is 301 g/mol. The van der Waals surface area contributed by atoms with Crippen molar-refractivity contribution >= 4 is 9.84 Å². The van der Waals surface area contributed by atoms with Crippen LogP contribution in [0.1, 0.15) is 31.9 Å². The van der Waals surface area contributed by atoms with Crippen LogP contribution in [0, 0.1) is 0 Å². The van der Waals surface area contributed by atoms with Gasteiger partial charge in [-0.15, -0.1) is 0 Å². The van der Waals surface area contributed by atoms with Crippen molar-refractivity contribution in [3.63, 3.8) is 0 Å². The summed E-state index contributed by atoms with van der Waals surface area (Å²) in [5.41, 5.74) is 0.396. The first-order chi connectivity index (χ1) is 9.15. The van der Waals surface area contributed by atoms with Crippen LogP contribution >= 0.6 is 0 Å². The summed E-state index contributed by atoms with van der Waals surface area (Å²) in [5.74, 6) is 0. The van der Waals surface area contributed by atoms with Gasteiger partial charge < -0.3 is 15.5 Å². The number of nitrogens with one attached hydrogen (secondary N) is 1. The van der Waals surface area contributed by atoms with Gasteiger partial charge in [0, 0.05) is 24.9 Å². The quantitative estimate of drug-likeness (QED) is 0.696. The van der Waals surface area contributed by atoms with Crippen molar-refractivity contribution in [3.05, 3.63) is 29.8 Å². The number of rotatable bonds is 7. The molecule has 0 bridgehead atoms. The normalized spacial score (nSPS) is 14.2. The lowest BCUT2D eigenvalue weighted by Crippen LogP contribution is -2.42. The van der Waals surface area contributed by atoms with Gasteiger partial charge in [0.2, 0.25) is 0 Å². The van der Waals surface area contributed by atoms with Crippen LogP contribution in [0.25, 0.3) is 0 Å². The largest absolute Gasteiger partial charge is 0.396 e. The molecule has 1 aromatic carbocycles. The second-order valence-corrected chi connectivity index (χ2v) is 7.61. The maximum Gasteiger partial charge on any atom is 0.175 e. The number of sulfone groups is 1. The minimum Gasteiger partial charge on any atom is -0.396 e. The fraction of sp³-hybridized carbons (Fsp3) is 0.571. The minimum atomic E-state index is -3.21. The van der Waals surface area contributed by atoms with E-state index < -0.39 is 15.9 Å². The molecule has 0 spiro atoms. The summed E-state index contributed by atoms with van der Waals surface area (Å²) in [6.45, 7) is 4.32. The van der Waals surface area contributed by atoms with Gasteiger partial charge in [-0.2, -0.15) is 0 Å². The molecule has 20 heavy (non-hydrogen) atoms. The molecule has 0 aromatic heterocycles. The van der Waals surface area contributed by atoms with E-state index in [-0.39, 0.29) is 17.0 Å². The molecule has 5 nitrogen and oxygen atoms in total. The molecule has 0 radical (unpaired) electrons. The summed E-state index contributed by atoms with van der Waals surface area (Å²) in [6, 6.07) is 6.21. The third kappa shape index (κ3) is 5.20. The van der Waals surface area contributed by atoms with Gasteiger partial charge in [-0.05, 0) is 38.0 Å². The highest BCUT2D eigenvalue weighted by molar-refractivity contribution is 7.90. The van der Waals surface area contributed by atoms with Crippen LogP contribution in [0.15, 0.2) is 29.2 Å². The maximum absolute atomic E-state index is 11.3. The van der Waals surface area contributed by atoms with E-state index in [1.165, 1.54) is 12.1 Å². The van der Waals surface area contributed by atoms with Crippen molar-refractivity contribution in [1.29, 1.82) is 0 Å². The van der Waals surface area contributed by atoms with E-state index in [0.717, 1.165) is 6.26 Å². The standard InChI is InChI=1S/C14H23NO4S/c1-14(2,8-9-16)15-10-13(17)11-4-6-12(7-5-11)20(3,18)19/h4-7,13,15-17H,8-10H2,1-3H3. The SMILES string of the molecule is CC(C)(CCO)NCC(O)c1ccc(S(C)(=O)=O)cc1. The van der Waals surface area contributed by atoms with Crippen LogP contribution in [0.5, 0.6) is 0 Å². The van der Waals surface area contributed by atoms with Gasteiger partial charge in [0.05, 0.1) is 11.0 Å². The Morgan fingerprint density at radius 1 is 1.25 bits per heavy atom. The molecule has 3 N–H and O–H groups in total. The first kappa shape index (κ1) is 17.1. The third-order valence-corrected chi connectivity index (χ3v) is 4.33. The van der Waals surface area contributed by atoms with Gasteiger partial charge in [0.25, 0.3) is 0 Å². The fourth-order valence-electron chi connectivity index (χ4n) is 1.80. The Kier molecular flexibility index (Phi) is 5.70. The Balaban J connectivity index is 2.67. The van der Waals surface area contributed by atoms with Crippen LogP contribution in [0.2, 0.25) is 0 Å². The summed E-state index contributed by atoms with van der Waals surface area (Å²) in [4.78, 5) is 0.238. The zero-order chi connectivity index (χ0) is 15.4. The van der Waals surface area contributed by atoms with E-state index in [4.69, 9.17) is 5.11 Å². The van der Waals surface area contributed by atoms with Gasteiger partial charge in [0.15, 0.2) is 9.84 Å². The predicted molar refractivity (Wildman–Crippen MR) is 78.3 cm³/mol. The van der Waals surface area contributed by atoms with Gasteiger partial charge >= 0.3 is 0 Å². The van der Waals surface area contributed by atoms with Crippen molar-refractivity contribution in [1.82, 2.24) is 5.32 Å². The molecule has 6 heteroatoms. The number of hydrogen-bond donors (Lipinski definition) is 3. The molecule has 0 amide bonds. The van der Waals surface area contributed by atoms with Crippen LogP contribution in [-0.2, 0) is 9.84 Å². The second kappa shape index (κ2) is 6.67. The number of hydrogen-bond acceptors (Lipinski definition) is 5. The van der Waals surface area contributed by atoms with Gasteiger partial charge in [-0.1, -0.05) is 12.1 Å². The number of aliphatic hydroxyl groups excluding tert-OH is 2. The molecule has 1 unspecified atom stereocenters. The lowest BCUT2D eigenvalue weighted by molar-refractivity contribution is 0.151. The summed E-state index contributed by atoms with van der Waals surface area (Å²) in [5, 5.41) is 22.2. The smallest absolute Gasteiger partial charge is 0.175 e. The molecular weight excluding hydrogens is 278 g/mol. The molecule has 0 heterocycles. The Hall–Kier alpha value is -0.950. The van der Waals surface area contributed by atoms with E-state index in [2.05, 4.69) is 5.32 Å². The monoisotopic (exact) mass is 301 g/mol. The zero-order valence-corrected chi connectivity index (χ0v) is 12.9. The topological polar surface area (TPSA) is 86.6 Å². The predicted octanol–water partition coefficient (Wildman–Crippen LogP) is 0.874. The number of benzene rings is 1. The van der Waals surface area contributed by atoms with Crippen molar-refractivity contribution in [3.8, 4) is 0 Å². The van der Waals surface area contributed by atoms with Gasteiger partial charge in [0.1, 0.15) is 0 Å². The molecule has 0 saturated carbocycles. The van der Waals surface area contributed by atoms with Gasteiger partial charge in [-0.3, -0.25) is 0 Å². The molecular formula is C14H23NO4S. The molecule has 114 valence electrons. The Morgan fingerprint density at radius 2 is 1.80 bits per heavy atom. The first-order valence-corrected chi connectivity index (χ1v) is 8.39. The summed E-state index contributed by atoms with van der Waals surface area (Å²) < 4.78 is 22.7. The van der Waals surface area contributed by atoms with Crippen molar-refractivity contribution in [2.75, 3.05) is 19.4 Å². The lowest BCUT2D eigenvalue weighted by atomic mass is 10.0. The molecule has 0 aliphatic rings. The average Bonchev–Trinajstić information content (AvgIpc) is 2.35. The Labute approximate surface area is 120 Å². The molecule has 0 fully saturated rings. The van der Waals surface area contributed by atoms with E-state index in [1.54, 1.807) is 12.1 Å². The molecule has 1 atom stereocenters. The van der Waals surface area contributed by atoms with Crippen LogP contribution in [0.3, 0.4) is 0 Å². The van der Waals surface area contributed by atoms with E-state index in [1.807, 2.05) is 13.8 Å². The van der Waals surface area contributed by atoms with Crippen LogP contribution < -0.4 is 5.32 Å². The van der Waals surface area contributed by atoms with E-state index in [0.29, 0.717) is 18.5 Å². The zero-order valence-electron chi connectivity index (χ0n) is 12.1. The van der Waals surface area contributed by atoms with E-state index >= 15 is 0 Å². The maximum atomic E-state index is 11.3. The number of aliphatic hydroxyl groups is 2. The van der Waals surface area contributed by atoms with E-state index in [9.17, 15) is 13.5 Å². The molecule has 1 rings (SSSR count). The second-order valence-electron chi connectivity index (χ2n) is 5.60. The molecule has 0 saturated heterocycles. The summed E-state index contributed by atoms with van der Waals surface area (Å²) in [7, 11) is -3.21. The number of β-amino-alcohol motifs (C(OH)–C–C–N with tert-alkyl or cyclic N) is 1. The third-order valence-electron chi connectivity index (χ3n) is 3.20. The summed E-state index contributed by atoms with van der Waals surface area (Å²) >= 11 is 0. The van der Waals surface area contributed by atoms with Crippen LogP contribution in [0.4, 0.5) is 0 Å². The Morgan fingerprint density at radius 3 is 2.25 bits per heavy atom. The first-order valence-electron chi connectivity index (χ1n) is 6.50. The Bertz CT molecular complexity index is 523. The molecule has 0 aliphatic carbocycles. The minimum absolute atomic E-state index is 0.0825. The van der Waals surface area contributed by atoms with Crippen molar-refractivity contribution in [2.45, 2.75) is 36.8 Å². The highest BCUT2D eigenvalue weighted by Gasteiger charge is 2.18. The summed E-state index contributed by atoms with van der Waals surface area (Å²) in [6.07, 6.45) is 1.02. The van der Waals surface area contributed by atoms with Crippen LogP contribution in [-0.4, -0.2) is 43.6 Å². The van der Waals surface area contributed by atoms with Gasteiger partial charge in [-0.25, -0.2) is 8.42 Å². The highest BCUT2D eigenvalue weighted by atomic mass is 32.2. The fourth-order valence-corrected chi connectivity index (χ4v) is 2.43. The molecule has 1 aromatic rings. The van der Waals surface area contributed by atoms with Crippen molar-refractivity contribution in [2.24, 2.45) is 0 Å². The van der Waals surface area contributed by atoms with Crippen molar-refractivity contribution < 1.29 is 18.6 Å². The highest BCUT2D eigenvalue weighted by Crippen LogP contribution is 2.17.